The van der Waals surface area contributed by atoms with E-state index in [2.05, 4.69) is 15.0 Å². The first kappa shape index (κ1) is 20.4. The molecule has 0 unspecified atom stereocenters. The topological polar surface area (TPSA) is 75.7 Å². The van der Waals surface area contributed by atoms with E-state index in [4.69, 9.17) is 0 Å². The summed E-state index contributed by atoms with van der Waals surface area (Å²) in [7, 11) is 0. The average molecular weight is 401 g/mol. The number of alkyl halides is 3. The summed E-state index contributed by atoms with van der Waals surface area (Å²) in [6.45, 7) is 3.37. The Morgan fingerprint density at radius 1 is 1.07 bits per heavy atom. The van der Waals surface area contributed by atoms with Crippen molar-refractivity contribution in [2.75, 3.05) is 0 Å². The number of carbonyl (C=O) groups excluding carboxylic acids is 1. The molecule has 150 valence electrons. The number of hydrogen-bond donors (Lipinski definition) is 1. The Labute approximate surface area is 164 Å². The summed E-state index contributed by atoms with van der Waals surface area (Å²) in [6.07, 6.45) is -3.49. The SMILES string of the molecule is CC(=O)CCc1ccc(C)c(-c2nc(-c3ccc(C(F)(F)F)cc3)nc(=O)[nH]2)c1. The summed E-state index contributed by atoms with van der Waals surface area (Å²) in [6, 6.07) is 9.92. The normalized spacial score (nSPS) is 11.5. The van der Waals surface area contributed by atoms with E-state index in [1.807, 2.05) is 25.1 Å². The highest BCUT2D eigenvalue weighted by Crippen LogP contribution is 2.30. The maximum absolute atomic E-state index is 12.8. The van der Waals surface area contributed by atoms with Crippen LogP contribution in [0.25, 0.3) is 22.8 Å². The molecular formula is C21H18F3N3O2. The van der Waals surface area contributed by atoms with Crippen LogP contribution in [0.4, 0.5) is 13.2 Å². The Morgan fingerprint density at radius 2 is 1.76 bits per heavy atom. The minimum Gasteiger partial charge on any atom is -0.300 e. The third-order valence-corrected chi connectivity index (χ3v) is 4.44. The fourth-order valence-corrected chi connectivity index (χ4v) is 2.85. The number of nitrogens with one attached hydrogen (secondary N) is 1. The van der Waals surface area contributed by atoms with E-state index < -0.39 is 17.4 Å². The highest BCUT2D eigenvalue weighted by Gasteiger charge is 2.30. The summed E-state index contributed by atoms with van der Waals surface area (Å²) < 4.78 is 38.3. The molecule has 0 aliphatic rings. The van der Waals surface area contributed by atoms with Gasteiger partial charge in [0.2, 0.25) is 0 Å². The Kier molecular flexibility index (Phi) is 5.63. The second-order valence-corrected chi connectivity index (χ2v) is 6.75. The number of rotatable bonds is 5. The number of halogens is 3. The monoisotopic (exact) mass is 401 g/mol. The van der Waals surface area contributed by atoms with Crippen molar-refractivity contribution in [3.8, 4) is 22.8 Å². The minimum absolute atomic E-state index is 0.0333. The first-order valence-electron chi connectivity index (χ1n) is 8.89. The highest BCUT2D eigenvalue weighted by atomic mass is 19.4. The standard InChI is InChI=1S/C21H18F3N3O2/c1-12-3-5-14(6-4-13(2)28)11-17(12)19-25-18(26-20(29)27-19)15-7-9-16(10-8-15)21(22,23)24/h3,5,7-11H,4,6H2,1-2H3,(H,25,26,27,29). The molecule has 0 saturated carbocycles. The van der Waals surface area contributed by atoms with E-state index in [1.165, 1.54) is 19.1 Å². The number of nitrogens with zero attached hydrogens (tertiary/aromatic N) is 2. The van der Waals surface area contributed by atoms with Gasteiger partial charge in [-0.3, -0.25) is 4.98 Å². The van der Waals surface area contributed by atoms with Crippen LogP contribution in [0.5, 0.6) is 0 Å². The summed E-state index contributed by atoms with van der Waals surface area (Å²) in [5.74, 6) is 0.375. The van der Waals surface area contributed by atoms with Gasteiger partial charge in [0.1, 0.15) is 11.6 Å². The van der Waals surface area contributed by atoms with Crippen LogP contribution < -0.4 is 5.69 Å². The molecular weight excluding hydrogens is 383 g/mol. The highest BCUT2D eigenvalue weighted by molar-refractivity contribution is 5.75. The number of aryl methyl sites for hydroxylation is 2. The van der Waals surface area contributed by atoms with Crippen molar-refractivity contribution in [1.29, 1.82) is 0 Å². The van der Waals surface area contributed by atoms with Crippen LogP contribution >= 0.6 is 0 Å². The molecule has 0 bridgehead atoms. The van der Waals surface area contributed by atoms with Crippen molar-refractivity contribution >= 4 is 5.78 Å². The van der Waals surface area contributed by atoms with E-state index >= 15 is 0 Å². The summed E-state index contributed by atoms with van der Waals surface area (Å²) >= 11 is 0. The Hall–Kier alpha value is -3.29. The predicted molar refractivity (Wildman–Crippen MR) is 102 cm³/mol. The molecule has 0 aliphatic carbocycles. The molecule has 1 aromatic heterocycles. The third-order valence-electron chi connectivity index (χ3n) is 4.44. The molecule has 1 heterocycles. The number of H-pyrrole nitrogens is 1. The molecule has 5 nitrogen and oxygen atoms in total. The van der Waals surface area contributed by atoms with Crippen molar-refractivity contribution in [2.45, 2.75) is 32.9 Å². The van der Waals surface area contributed by atoms with Gasteiger partial charge in [-0.15, -0.1) is 0 Å². The summed E-state index contributed by atoms with van der Waals surface area (Å²) in [5, 5.41) is 0. The zero-order valence-electron chi connectivity index (χ0n) is 15.8. The molecule has 2 aromatic carbocycles. The zero-order valence-corrected chi connectivity index (χ0v) is 15.8. The third kappa shape index (κ3) is 4.96. The molecule has 1 N–H and O–H groups in total. The number of aromatic amines is 1. The molecule has 3 aromatic rings. The summed E-state index contributed by atoms with van der Waals surface area (Å²) in [5.41, 5.74) is 1.29. The predicted octanol–water partition coefficient (Wildman–Crippen LogP) is 4.35. The molecule has 0 aliphatic heterocycles. The lowest BCUT2D eigenvalue weighted by Crippen LogP contribution is -2.15. The number of aromatic nitrogens is 3. The molecule has 0 amide bonds. The minimum atomic E-state index is -4.45. The van der Waals surface area contributed by atoms with Gasteiger partial charge >= 0.3 is 11.9 Å². The largest absolute Gasteiger partial charge is 0.416 e. The lowest BCUT2D eigenvalue weighted by Gasteiger charge is -2.10. The Bertz CT molecular complexity index is 1100. The van der Waals surface area contributed by atoms with Crippen molar-refractivity contribution in [3.05, 3.63) is 69.6 Å². The van der Waals surface area contributed by atoms with Crippen molar-refractivity contribution in [2.24, 2.45) is 0 Å². The van der Waals surface area contributed by atoms with Gasteiger partial charge in [0, 0.05) is 17.5 Å². The van der Waals surface area contributed by atoms with Crippen LogP contribution in [0, 0.1) is 6.92 Å². The van der Waals surface area contributed by atoms with E-state index in [0.29, 0.717) is 24.0 Å². The van der Waals surface area contributed by atoms with Crippen LogP contribution in [0.2, 0.25) is 0 Å². The molecule has 29 heavy (non-hydrogen) atoms. The van der Waals surface area contributed by atoms with Crippen LogP contribution in [0.3, 0.4) is 0 Å². The molecule has 0 atom stereocenters. The quantitative estimate of drug-likeness (QED) is 0.690. The van der Waals surface area contributed by atoms with Crippen LogP contribution in [0.15, 0.2) is 47.3 Å². The van der Waals surface area contributed by atoms with Gasteiger partial charge < -0.3 is 4.79 Å². The fourth-order valence-electron chi connectivity index (χ4n) is 2.85. The molecule has 0 radical (unpaired) electrons. The van der Waals surface area contributed by atoms with Gasteiger partial charge in [0.25, 0.3) is 0 Å². The van der Waals surface area contributed by atoms with Gasteiger partial charge in [0.05, 0.1) is 5.56 Å². The first-order chi connectivity index (χ1) is 13.6. The maximum Gasteiger partial charge on any atom is 0.416 e. The van der Waals surface area contributed by atoms with Gasteiger partial charge in [0.15, 0.2) is 5.82 Å². The summed E-state index contributed by atoms with van der Waals surface area (Å²) in [4.78, 5) is 34.0. The number of hydrogen-bond acceptors (Lipinski definition) is 4. The van der Waals surface area contributed by atoms with Gasteiger partial charge in [-0.2, -0.15) is 18.2 Å². The second-order valence-electron chi connectivity index (χ2n) is 6.75. The fraction of sp³-hybridized carbons (Fsp3) is 0.238. The smallest absolute Gasteiger partial charge is 0.300 e. The van der Waals surface area contributed by atoms with Crippen molar-refractivity contribution in [3.63, 3.8) is 0 Å². The van der Waals surface area contributed by atoms with Gasteiger partial charge in [-0.05, 0) is 49.6 Å². The zero-order chi connectivity index (χ0) is 21.2. The van der Waals surface area contributed by atoms with Crippen LogP contribution in [0.1, 0.15) is 30.0 Å². The molecule has 3 rings (SSSR count). The number of Topliss-reactive ketones (excluding diaryl/α,β-unsaturated/α-hetero) is 1. The van der Waals surface area contributed by atoms with E-state index in [0.717, 1.165) is 23.3 Å². The van der Waals surface area contributed by atoms with Gasteiger partial charge in [-0.1, -0.05) is 24.3 Å². The lowest BCUT2D eigenvalue weighted by atomic mass is 10.0. The van der Waals surface area contributed by atoms with E-state index in [1.54, 1.807) is 0 Å². The molecule has 0 saturated heterocycles. The van der Waals surface area contributed by atoms with Gasteiger partial charge in [-0.25, -0.2) is 9.78 Å². The maximum atomic E-state index is 12.8. The first-order valence-corrected chi connectivity index (χ1v) is 8.89. The number of benzene rings is 2. The molecule has 0 spiro atoms. The second kappa shape index (κ2) is 7.98. The van der Waals surface area contributed by atoms with Crippen LogP contribution in [-0.4, -0.2) is 20.7 Å². The molecule has 0 fully saturated rings. The Morgan fingerprint density at radius 3 is 2.38 bits per heavy atom. The van der Waals surface area contributed by atoms with E-state index in [9.17, 15) is 22.8 Å². The van der Waals surface area contributed by atoms with Crippen molar-refractivity contribution in [1.82, 2.24) is 15.0 Å². The Balaban J connectivity index is 2.01. The van der Waals surface area contributed by atoms with Crippen LogP contribution in [-0.2, 0) is 17.4 Å². The number of ketones is 1. The number of carbonyl (C=O) groups is 1. The average Bonchev–Trinajstić information content (AvgIpc) is 2.66. The lowest BCUT2D eigenvalue weighted by molar-refractivity contribution is -0.137. The van der Waals surface area contributed by atoms with E-state index in [-0.39, 0.29) is 17.4 Å². The van der Waals surface area contributed by atoms with Crippen molar-refractivity contribution < 1.29 is 18.0 Å². The molecule has 8 heteroatoms.